The summed E-state index contributed by atoms with van der Waals surface area (Å²) in [7, 11) is 0. The van der Waals surface area contributed by atoms with Crippen molar-refractivity contribution < 1.29 is 24.2 Å². The molecule has 188 valence electrons. The Balaban J connectivity index is 0.000000331. The average molecular weight is 511 g/mol. The quantitative estimate of drug-likeness (QED) is 0.430. The maximum atomic E-state index is 13.9. The molecule has 2 aromatic carbocycles. The highest BCUT2D eigenvalue weighted by molar-refractivity contribution is 7.23. The van der Waals surface area contributed by atoms with Gasteiger partial charge < -0.3 is 20.4 Å². The number of carboxylic acids is 2. The minimum atomic E-state index is -1.26. The average Bonchev–Trinajstić information content (AvgIpc) is 3.12. The van der Waals surface area contributed by atoms with Crippen molar-refractivity contribution in [3.8, 4) is 0 Å². The summed E-state index contributed by atoms with van der Waals surface area (Å²) in [4.78, 5) is 29.0. The molecular formula is C26H27FN4O4S. The smallest absolute Gasteiger partial charge is 0.328 e. The molecule has 1 saturated heterocycles. The van der Waals surface area contributed by atoms with E-state index in [0.29, 0.717) is 18.2 Å². The van der Waals surface area contributed by atoms with Crippen molar-refractivity contribution in [2.24, 2.45) is 4.99 Å². The molecule has 36 heavy (non-hydrogen) atoms. The van der Waals surface area contributed by atoms with Crippen LogP contribution in [0.5, 0.6) is 0 Å². The van der Waals surface area contributed by atoms with Gasteiger partial charge in [-0.3, -0.25) is 4.90 Å². The molecule has 3 aromatic rings. The number of nitrogens with zero attached hydrogens (tertiary/aromatic N) is 3. The van der Waals surface area contributed by atoms with Gasteiger partial charge in [-0.15, -0.1) is 11.3 Å². The van der Waals surface area contributed by atoms with Gasteiger partial charge >= 0.3 is 11.9 Å². The van der Waals surface area contributed by atoms with Gasteiger partial charge in [-0.2, -0.15) is 0 Å². The van der Waals surface area contributed by atoms with Gasteiger partial charge in [0.1, 0.15) is 16.7 Å². The summed E-state index contributed by atoms with van der Waals surface area (Å²) < 4.78 is 15.1. The SMILES string of the molecule is CC(C)N1CCN(C2=Nc3ccc(F)cc3Nc3sc4ccccc4c32)CC1.O=C(O)/C=C\C(=O)O. The van der Waals surface area contributed by atoms with E-state index in [1.54, 1.807) is 17.4 Å². The molecule has 0 aliphatic carbocycles. The third-order valence-electron chi connectivity index (χ3n) is 5.96. The normalized spacial score (nSPS) is 15.4. The number of hydrogen-bond acceptors (Lipinski definition) is 7. The van der Waals surface area contributed by atoms with Crippen molar-refractivity contribution in [1.29, 1.82) is 0 Å². The van der Waals surface area contributed by atoms with E-state index in [9.17, 15) is 14.0 Å². The zero-order valence-corrected chi connectivity index (χ0v) is 20.8. The number of hydrogen-bond donors (Lipinski definition) is 3. The van der Waals surface area contributed by atoms with Crippen molar-refractivity contribution in [3.05, 3.63) is 66.0 Å². The van der Waals surface area contributed by atoms with Crippen LogP contribution >= 0.6 is 11.3 Å². The molecule has 0 saturated carbocycles. The molecule has 5 rings (SSSR count). The van der Waals surface area contributed by atoms with Crippen LogP contribution in [0, 0.1) is 5.82 Å². The molecule has 0 radical (unpaired) electrons. The number of anilines is 2. The van der Waals surface area contributed by atoms with E-state index in [1.807, 2.05) is 0 Å². The van der Waals surface area contributed by atoms with Crippen LogP contribution in [0.4, 0.5) is 20.8 Å². The monoisotopic (exact) mass is 510 g/mol. The van der Waals surface area contributed by atoms with Crippen LogP contribution < -0.4 is 5.32 Å². The van der Waals surface area contributed by atoms with Crippen LogP contribution in [-0.2, 0) is 9.59 Å². The van der Waals surface area contributed by atoms with E-state index in [1.165, 1.54) is 22.2 Å². The molecule has 0 atom stereocenters. The van der Waals surface area contributed by atoms with E-state index in [0.717, 1.165) is 54.0 Å². The second-order valence-corrected chi connectivity index (χ2v) is 9.70. The first-order valence-corrected chi connectivity index (χ1v) is 12.3. The molecule has 2 aliphatic heterocycles. The van der Waals surface area contributed by atoms with E-state index >= 15 is 0 Å². The largest absolute Gasteiger partial charge is 0.478 e. The number of carbonyl (C=O) groups is 2. The Hall–Kier alpha value is -3.76. The zero-order chi connectivity index (χ0) is 25.8. The summed E-state index contributed by atoms with van der Waals surface area (Å²) in [6.45, 7) is 8.43. The van der Waals surface area contributed by atoms with Gasteiger partial charge in [0, 0.05) is 54.5 Å². The Morgan fingerprint density at radius 3 is 2.36 bits per heavy atom. The molecule has 0 amide bonds. The summed E-state index contributed by atoms with van der Waals surface area (Å²) in [5.41, 5.74) is 2.65. The number of benzene rings is 2. The molecule has 0 bridgehead atoms. The molecule has 0 spiro atoms. The summed E-state index contributed by atoms with van der Waals surface area (Å²) in [6.07, 6.45) is 1.12. The number of halogens is 1. The predicted molar refractivity (Wildman–Crippen MR) is 140 cm³/mol. The molecule has 0 unspecified atom stereocenters. The van der Waals surface area contributed by atoms with Crippen LogP contribution in [0.15, 0.2) is 59.6 Å². The maximum absolute atomic E-state index is 13.9. The third kappa shape index (κ3) is 5.72. The lowest BCUT2D eigenvalue weighted by molar-refractivity contribution is -0.134. The fraction of sp³-hybridized carbons (Fsp3) is 0.269. The predicted octanol–water partition coefficient (Wildman–Crippen LogP) is 4.91. The molecular weight excluding hydrogens is 483 g/mol. The van der Waals surface area contributed by atoms with Gasteiger partial charge in [0.2, 0.25) is 0 Å². The van der Waals surface area contributed by atoms with Crippen molar-refractivity contribution in [3.63, 3.8) is 0 Å². The number of piperazine rings is 1. The molecule has 3 N–H and O–H groups in total. The van der Waals surface area contributed by atoms with Gasteiger partial charge in [-0.05, 0) is 38.1 Å². The Kier molecular flexibility index (Phi) is 7.66. The van der Waals surface area contributed by atoms with Crippen molar-refractivity contribution in [2.45, 2.75) is 19.9 Å². The molecule has 3 heterocycles. The molecule has 10 heteroatoms. The number of aliphatic imine (C=N–C) groups is 1. The van der Waals surface area contributed by atoms with Crippen LogP contribution in [0.1, 0.15) is 19.4 Å². The van der Waals surface area contributed by atoms with E-state index < -0.39 is 11.9 Å². The first-order valence-electron chi connectivity index (χ1n) is 11.5. The minimum absolute atomic E-state index is 0.252. The lowest BCUT2D eigenvalue weighted by Gasteiger charge is -2.38. The number of rotatable bonds is 3. The van der Waals surface area contributed by atoms with Crippen molar-refractivity contribution in [1.82, 2.24) is 9.80 Å². The molecule has 2 aliphatic rings. The van der Waals surface area contributed by atoms with Gasteiger partial charge in [-0.25, -0.2) is 19.0 Å². The van der Waals surface area contributed by atoms with E-state index in [4.69, 9.17) is 15.2 Å². The van der Waals surface area contributed by atoms with Gasteiger partial charge in [0.15, 0.2) is 0 Å². The minimum Gasteiger partial charge on any atom is -0.478 e. The Labute approximate surface area is 212 Å². The fourth-order valence-corrected chi connectivity index (χ4v) is 5.29. The second kappa shape index (κ2) is 10.9. The van der Waals surface area contributed by atoms with Gasteiger partial charge in [0.05, 0.1) is 16.9 Å². The number of nitrogens with one attached hydrogen (secondary N) is 1. The van der Waals surface area contributed by atoms with Crippen LogP contribution in [0.25, 0.3) is 10.1 Å². The molecule has 1 fully saturated rings. The summed E-state index contributed by atoms with van der Waals surface area (Å²) in [6, 6.07) is 13.8. The number of thiophene rings is 1. The lowest BCUT2D eigenvalue weighted by Crippen LogP contribution is -2.50. The maximum Gasteiger partial charge on any atom is 0.328 e. The highest BCUT2D eigenvalue weighted by atomic mass is 32.1. The first kappa shape index (κ1) is 25.3. The van der Waals surface area contributed by atoms with Crippen LogP contribution in [0.3, 0.4) is 0 Å². The van der Waals surface area contributed by atoms with Crippen molar-refractivity contribution >= 4 is 55.6 Å². The zero-order valence-electron chi connectivity index (χ0n) is 19.9. The number of amidine groups is 1. The van der Waals surface area contributed by atoms with Crippen molar-refractivity contribution in [2.75, 3.05) is 31.5 Å². The van der Waals surface area contributed by atoms with Crippen LogP contribution in [-0.4, -0.2) is 70.0 Å². The second-order valence-electron chi connectivity index (χ2n) is 8.65. The lowest BCUT2D eigenvalue weighted by atomic mass is 10.1. The highest BCUT2D eigenvalue weighted by Crippen LogP contribution is 2.43. The molecule has 1 aromatic heterocycles. The topological polar surface area (TPSA) is 105 Å². The fourth-order valence-electron chi connectivity index (χ4n) is 4.18. The highest BCUT2D eigenvalue weighted by Gasteiger charge is 2.28. The Bertz CT molecular complexity index is 1330. The number of fused-ring (bicyclic) bond motifs is 4. The summed E-state index contributed by atoms with van der Waals surface area (Å²) >= 11 is 1.70. The van der Waals surface area contributed by atoms with E-state index in [2.05, 4.69) is 53.2 Å². The standard InChI is InChI=1S/C22H23FN4S.C4H4O4/c1-14(2)26-9-11-27(12-10-26)21-20-16-5-3-4-6-19(16)28-22(20)25-18-13-15(23)7-8-17(18)24-21;5-3(6)1-2-4(7)8/h3-8,13-14,25H,9-12H2,1-2H3;1-2H,(H,5,6)(H,7,8)/b;2-1-. The Morgan fingerprint density at radius 2 is 1.72 bits per heavy atom. The van der Waals surface area contributed by atoms with E-state index in [-0.39, 0.29) is 5.82 Å². The summed E-state index contributed by atoms with van der Waals surface area (Å²) in [5.74, 6) is -1.77. The van der Waals surface area contributed by atoms with Gasteiger partial charge in [0.25, 0.3) is 0 Å². The molecule has 8 nitrogen and oxygen atoms in total. The van der Waals surface area contributed by atoms with Gasteiger partial charge in [-0.1, -0.05) is 18.2 Å². The first-order chi connectivity index (χ1) is 17.2. The van der Waals surface area contributed by atoms with Crippen LogP contribution in [0.2, 0.25) is 0 Å². The summed E-state index contributed by atoms with van der Waals surface area (Å²) in [5, 5.41) is 21.3. The number of carboxylic acid groups (broad SMARTS) is 2. The third-order valence-corrected chi connectivity index (χ3v) is 7.05. The number of aliphatic carboxylic acids is 2. The Morgan fingerprint density at radius 1 is 1.06 bits per heavy atom.